The summed E-state index contributed by atoms with van der Waals surface area (Å²) < 4.78 is 0. The zero-order valence-corrected chi connectivity index (χ0v) is 9.11. The molecule has 0 unspecified atom stereocenters. The van der Waals surface area contributed by atoms with Crippen LogP contribution >= 0.6 is 11.3 Å². The second-order valence-corrected chi connectivity index (χ2v) is 4.49. The highest BCUT2D eigenvalue weighted by molar-refractivity contribution is 7.19. The van der Waals surface area contributed by atoms with Crippen LogP contribution in [0.15, 0.2) is 6.07 Å². The fourth-order valence-corrected chi connectivity index (χ4v) is 2.76. The van der Waals surface area contributed by atoms with Crippen LogP contribution in [0.5, 0.6) is 0 Å². The Hall–Kier alpha value is -1.13. The van der Waals surface area contributed by atoms with Gasteiger partial charge in [0.1, 0.15) is 4.83 Å². The molecule has 0 radical (unpaired) electrons. The zero-order valence-electron chi connectivity index (χ0n) is 8.29. The predicted molar refractivity (Wildman–Crippen MR) is 61.4 cm³/mol. The lowest BCUT2D eigenvalue weighted by Gasteiger charge is -1.99. The lowest BCUT2D eigenvalue weighted by Crippen LogP contribution is -1.97. The Morgan fingerprint density at radius 1 is 1.43 bits per heavy atom. The number of rotatable bonds is 1. The smallest absolute Gasteiger partial charge is 0.126 e. The Morgan fingerprint density at radius 2 is 2.14 bits per heavy atom. The number of thiophene rings is 1. The molecule has 2 aromatic rings. The summed E-state index contributed by atoms with van der Waals surface area (Å²) in [6.45, 7) is 4.54. The number of hydrogen-bond acceptors (Lipinski definition) is 4. The fourth-order valence-electron chi connectivity index (χ4n) is 1.67. The van der Waals surface area contributed by atoms with E-state index in [2.05, 4.69) is 11.9 Å². The summed E-state index contributed by atoms with van der Waals surface area (Å²) in [6, 6.07) is 2.05. The Labute approximate surface area is 86.7 Å². The molecule has 0 bridgehead atoms. The summed E-state index contributed by atoms with van der Waals surface area (Å²) in [5.41, 5.74) is 14.6. The average Bonchev–Trinajstić information content (AvgIpc) is 2.42. The molecule has 4 N–H and O–H groups in total. The maximum atomic E-state index is 5.99. The van der Waals surface area contributed by atoms with Gasteiger partial charge in [-0.05, 0) is 25.5 Å². The molecule has 0 saturated heterocycles. The molecule has 0 atom stereocenters. The number of nitrogen functional groups attached to an aromatic ring is 1. The van der Waals surface area contributed by atoms with Crippen LogP contribution in [0.4, 0.5) is 5.69 Å². The third-order valence-corrected chi connectivity index (χ3v) is 3.41. The van der Waals surface area contributed by atoms with E-state index in [9.17, 15) is 0 Å². The Bertz CT molecular complexity index is 488. The highest BCUT2D eigenvalue weighted by Gasteiger charge is 2.11. The number of aromatic nitrogens is 1. The highest BCUT2D eigenvalue weighted by atomic mass is 32.1. The van der Waals surface area contributed by atoms with Crippen LogP contribution in [0.25, 0.3) is 10.2 Å². The van der Waals surface area contributed by atoms with Gasteiger partial charge in [0.25, 0.3) is 0 Å². The number of aryl methyl sites for hydroxylation is 2. The van der Waals surface area contributed by atoms with Crippen molar-refractivity contribution in [2.45, 2.75) is 20.4 Å². The molecule has 0 amide bonds. The number of nitrogens with zero attached hydrogens (tertiary/aromatic N) is 1. The van der Waals surface area contributed by atoms with Gasteiger partial charge < -0.3 is 11.5 Å². The van der Waals surface area contributed by atoms with E-state index >= 15 is 0 Å². The van der Waals surface area contributed by atoms with Crippen LogP contribution in [0.1, 0.15) is 16.1 Å². The van der Waals surface area contributed by atoms with E-state index in [-0.39, 0.29) is 0 Å². The van der Waals surface area contributed by atoms with E-state index in [0.29, 0.717) is 6.54 Å². The topological polar surface area (TPSA) is 64.9 Å². The molecule has 2 rings (SSSR count). The van der Waals surface area contributed by atoms with Crippen LogP contribution in [0.2, 0.25) is 0 Å². The van der Waals surface area contributed by atoms with E-state index in [1.165, 1.54) is 5.56 Å². The van der Waals surface area contributed by atoms with Crippen molar-refractivity contribution in [2.24, 2.45) is 5.73 Å². The Morgan fingerprint density at radius 3 is 2.79 bits per heavy atom. The first kappa shape index (κ1) is 9.43. The molecule has 0 spiro atoms. The van der Waals surface area contributed by atoms with Crippen molar-refractivity contribution in [3.05, 3.63) is 22.2 Å². The minimum atomic E-state index is 0.491. The molecule has 0 aliphatic heterocycles. The van der Waals surface area contributed by atoms with Crippen molar-refractivity contribution in [2.75, 3.05) is 5.73 Å². The second kappa shape index (κ2) is 3.22. The van der Waals surface area contributed by atoms with Gasteiger partial charge in [-0.1, -0.05) is 0 Å². The summed E-state index contributed by atoms with van der Waals surface area (Å²) in [6.07, 6.45) is 0. The lowest BCUT2D eigenvalue weighted by molar-refractivity contribution is 1.11. The molecule has 14 heavy (non-hydrogen) atoms. The van der Waals surface area contributed by atoms with Crippen LogP contribution in [0, 0.1) is 13.8 Å². The zero-order chi connectivity index (χ0) is 10.3. The summed E-state index contributed by atoms with van der Waals surface area (Å²) in [4.78, 5) is 6.48. The molecule has 2 heterocycles. The molecule has 0 saturated carbocycles. The van der Waals surface area contributed by atoms with Gasteiger partial charge in [-0.3, -0.25) is 0 Å². The van der Waals surface area contributed by atoms with Gasteiger partial charge in [0.15, 0.2) is 0 Å². The molecule has 3 nitrogen and oxygen atoms in total. The molecular weight excluding hydrogens is 194 g/mol. The van der Waals surface area contributed by atoms with Crippen LogP contribution in [-0.4, -0.2) is 4.98 Å². The molecule has 2 aromatic heterocycles. The van der Waals surface area contributed by atoms with E-state index in [0.717, 1.165) is 26.5 Å². The predicted octanol–water partition coefficient (Wildman–Crippen LogP) is 1.95. The van der Waals surface area contributed by atoms with E-state index < -0.39 is 0 Å². The van der Waals surface area contributed by atoms with Crippen molar-refractivity contribution in [3.8, 4) is 0 Å². The monoisotopic (exact) mass is 207 g/mol. The lowest BCUT2D eigenvalue weighted by atomic mass is 10.1. The standard InChI is InChI=1S/C10H13N3S/c1-5-3-6(2)13-10-8(5)9(12)7(4-11)14-10/h3H,4,11-12H2,1-2H3. The van der Waals surface area contributed by atoms with Gasteiger partial charge in [-0.25, -0.2) is 4.98 Å². The Balaban J connectivity index is 2.85. The van der Waals surface area contributed by atoms with Crippen LogP contribution < -0.4 is 11.5 Å². The summed E-state index contributed by atoms with van der Waals surface area (Å²) >= 11 is 1.59. The van der Waals surface area contributed by atoms with Crippen molar-refractivity contribution in [1.29, 1.82) is 0 Å². The quantitative estimate of drug-likeness (QED) is 0.751. The highest BCUT2D eigenvalue weighted by Crippen LogP contribution is 2.34. The third kappa shape index (κ3) is 1.27. The minimum absolute atomic E-state index is 0.491. The fraction of sp³-hybridized carbons (Fsp3) is 0.300. The number of fused-ring (bicyclic) bond motifs is 1. The second-order valence-electron chi connectivity index (χ2n) is 3.40. The van der Waals surface area contributed by atoms with E-state index in [1.54, 1.807) is 11.3 Å². The molecule has 0 aliphatic rings. The van der Waals surface area contributed by atoms with Crippen LogP contribution in [-0.2, 0) is 6.54 Å². The maximum absolute atomic E-state index is 5.99. The largest absolute Gasteiger partial charge is 0.397 e. The SMILES string of the molecule is Cc1cc(C)c2c(N)c(CN)sc2n1. The van der Waals surface area contributed by atoms with Gasteiger partial charge in [0, 0.05) is 22.5 Å². The van der Waals surface area contributed by atoms with Crippen LogP contribution in [0.3, 0.4) is 0 Å². The van der Waals surface area contributed by atoms with Gasteiger partial charge in [0.2, 0.25) is 0 Å². The third-order valence-electron chi connectivity index (χ3n) is 2.29. The maximum Gasteiger partial charge on any atom is 0.126 e. The summed E-state index contributed by atoms with van der Waals surface area (Å²) in [5, 5.41) is 1.07. The van der Waals surface area contributed by atoms with Gasteiger partial charge in [-0.15, -0.1) is 11.3 Å². The van der Waals surface area contributed by atoms with Crippen molar-refractivity contribution < 1.29 is 0 Å². The summed E-state index contributed by atoms with van der Waals surface area (Å²) in [5.74, 6) is 0. The number of hydrogen-bond donors (Lipinski definition) is 2. The minimum Gasteiger partial charge on any atom is -0.397 e. The number of anilines is 1. The summed E-state index contributed by atoms with van der Waals surface area (Å²) in [7, 11) is 0. The molecule has 74 valence electrons. The first-order valence-corrected chi connectivity index (χ1v) is 5.30. The molecular formula is C10H13N3S. The van der Waals surface area contributed by atoms with Gasteiger partial charge >= 0.3 is 0 Å². The van der Waals surface area contributed by atoms with E-state index in [1.807, 2.05) is 13.0 Å². The normalized spacial score (nSPS) is 11.1. The average molecular weight is 207 g/mol. The molecule has 4 heteroatoms. The molecule has 0 aliphatic carbocycles. The van der Waals surface area contributed by atoms with Gasteiger partial charge in [-0.2, -0.15) is 0 Å². The first-order chi connectivity index (χ1) is 6.63. The molecule has 0 fully saturated rings. The van der Waals surface area contributed by atoms with Crippen molar-refractivity contribution in [1.82, 2.24) is 4.98 Å². The van der Waals surface area contributed by atoms with Gasteiger partial charge in [0.05, 0.1) is 5.69 Å². The first-order valence-electron chi connectivity index (χ1n) is 4.48. The van der Waals surface area contributed by atoms with E-state index in [4.69, 9.17) is 11.5 Å². The number of nitrogens with two attached hydrogens (primary N) is 2. The molecule has 0 aromatic carbocycles. The number of pyridine rings is 1. The Kier molecular flexibility index (Phi) is 2.17. The van der Waals surface area contributed by atoms with Crippen molar-refractivity contribution >= 4 is 27.2 Å². The van der Waals surface area contributed by atoms with Crippen molar-refractivity contribution in [3.63, 3.8) is 0 Å².